The van der Waals surface area contributed by atoms with Gasteiger partial charge in [0.15, 0.2) is 5.82 Å². The molecule has 0 atom stereocenters. The van der Waals surface area contributed by atoms with Gasteiger partial charge in [-0.25, -0.2) is 4.98 Å². The lowest BCUT2D eigenvalue weighted by molar-refractivity contribution is 1.10. The first-order valence-electron chi connectivity index (χ1n) is 4.24. The minimum atomic E-state index is -0.306. The first-order valence-corrected chi connectivity index (χ1v) is 5.83. The predicted octanol–water partition coefficient (Wildman–Crippen LogP) is 1.94. The summed E-state index contributed by atoms with van der Waals surface area (Å²) in [4.78, 5) is 22.0. The molecule has 0 amide bonds. The van der Waals surface area contributed by atoms with E-state index in [1.165, 1.54) is 6.07 Å². The molecule has 0 spiro atoms. The number of nitrogens with two attached hydrogens (primary N) is 1. The Kier molecular flexibility index (Phi) is 3.06. The zero-order chi connectivity index (χ0) is 11.7. The van der Waals surface area contributed by atoms with E-state index in [0.717, 1.165) is 8.95 Å². The lowest BCUT2D eigenvalue weighted by Gasteiger charge is -2.03. The lowest BCUT2D eigenvalue weighted by Crippen LogP contribution is -2.10. The first kappa shape index (κ1) is 11.3. The summed E-state index contributed by atoms with van der Waals surface area (Å²) in [5.74, 6) is 0.500. The van der Waals surface area contributed by atoms with E-state index < -0.39 is 0 Å². The second kappa shape index (κ2) is 4.34. The van der Waals surface area contributed by atoms with Crippen molar-refractivity contribution in [3.63, 3.8) is 0 Å². The third-order valence-electron chi connectivity index (χ3n) is 1.79. The molecule has 2 heterocycles. The van der Waals surface area contributed by atoms with E-state index in [1.807, 2.05) is 6.07 Å². The second-order valence-electron chi connectivity index (χ2n) is 3.00. The highest BCUT2D eigenvalue weighted by molar-refractivity contribution is 9.11. The predicted molar refractivity (Wildman–Crippen MR) is 67.9 cm³/mol. The molecule has 0 aliphatic rings. The van der Waals surface area contributed by atoms with Gasteiger partial charge in [0, 0.05) is 21.2 Å². The van der Waals surface area contributed by atoms with Crippen LogP contribution in [0.15, 0.2) is 32.1 Å². The normalized spacial score (nSPS) is 10.4. The molecule has 0 aliphatic heterocycles. The van der Waals surface area contributed by atoms with Gasteiger partial charge in [-0.2, -0.15) is 0 Å². The minimum Gasteiger partial charge on any atom is -0.383 e. The molecule has 16 heavy (non-hydrogen) atoms. The van der Waals surface area contributed by atoms with Gasteiger partial charge in [0.1, 0.15) is 11.5 Å². The summed E-state index contributed by atoms with van der Waals surface area (Å²) >= 11 is 6.63. The van der Waals surface area contributed by atoms with Gasteiger partial charge in [-0.3, -0.25) is 9.78 Å². The Hall–Kier alpha value is -1.21. The molecule has 82 valence electrons. The third kappa shape index (κ3) is 2.30. The Morgan fingerprint density at radius 1 is 1.31 bits per heavy atom. The number of nitrogens with one attached hydrogen (secondary N) is 1. The van der Waals surface area contributed by atoms with E-state index in [-0.39, 0.29) is 11.4 Å². The van der Waals surface area contributed by atoms with E-state index in [2.05, 4.69) is 46.8 Å². The van der Waals surface area contributed by atoms with Crippen molar-refractivity contribution in [2.24, 2.45) is 0 Å². The Bertz CT molecular complexity index is 596. The summed E-state index contributed by atoms with van der Waals surface area (Å²) in [6.07, 6.45) is 1.61. The number of rotatable bonds is 1. The van der Waals surface area contributed by atoms with Gasteiger partial charge < -0.3 is 10.7 Å². The summed E-state index contributed by atoms with van der Waals surface area (Å²) in [5, 5.41) is 0. The van der Waals surface area contributed by atoms with Crippen LogP contribution in [0.5, 0.6) is 0 Å². The zero-order valence-corrected chi connectivity index (χ0v) is 11.0. The molecule has 3 N–H and O–H groups in total. The molecule has 0 radical (unpaired) electrons. The van der Waals surface area contributed by atoms with Crippen LogP contribution in [0.4, 0.5) is 5.82 Å². The largest absolute Gasteiger partial charge is 0.383 e. The zero-order valence-electron chi connectivity index (χ0n) is 7.87. The molecule has 0 aliphatic carbocycles. The summed E-state index contributed by atoms with van der Waals surface area (Å²) in [6, 6.07) is 3.03. The number of anilines is 1. The standard InChI is InChI=1S/C9H6Br2N4O/c10-4-1-5(11)8(13-3-4)9-14-6(12)2-7(16)15-9/h1-3H,(H3,12,14,15,16). The second-order valence-corrected chi connectivity index (χ2v) is 4.77. The van der Waals surface area contributed by atoms with Gasteiger partial charge in [0.25, 0.3) is 5.56 Å². The maximum Gasteiger partial charge on any atom is 0.253 e. The Balaban J connectivity index is 2.63. The third-order valence-corrected chi connectivity index (χ3v) is 2.83. The van der Waals surface area contributed by atoms with Crippen LogP contribution < -0.4 is 11.3 Å². The molecular weight excluding hydrogens is 340 g/mol. The molecule has 0 saturated heterocycles. The fourth-order valence-corrected chi connectivity index (χ4v) is 2.35. The summed E-state index contributed by atoms with van der Waals surface area (Å²) in [7, 11) is 0. The van der Waals surface area contributed by atoms with Crippen LogP contribution in [0, 0.1) is 0 Å². The Labute approximate surface area is 107 Å². The molecule has 0 fully saturated rings. The highest BCUT2D eigenvalue weighted by atomic mass is 79.9. The van der Waals surface area contributed by atoms with E-state index >= 15 is 0 Å². The van der Waals surface area contributed by atoms with Crippen molar-refractivity contribution in [3.8, 4) is 11.5 Å². The van der Waals surface area contributed by atoms with Crippen LogP contribution in [-0.4, -0.2) is 15.0 Å². The van der Waals surface area contributed by atoms with Gasteiger partial charge in [-0.05, 0) is 37.9 Å². The van der Waals surface area contributed by atoms with E-state index in [9.17, 15) is 4.79 Å². The molecule has 2 aromatic rings. The van der Waals surface area contributed by atoms with Gasteiger partial charge in [0.2, 0.25) is 0 Å². The van der Waals surface area contributed by atoms with Crippen molar-refractivity contribution in [3.05, 3.63) is 37.6 Å². The number of nitrogens with zero attached hydrogens (tertiary/aromatic N) is 2. The number of halogens is 2. The van der Waals surface area contributed by atoms with E-state index in [0.29, 0.717) is 11.5 Å². The molecule has 0 aromatic carbocycles. The van der Waals surface area contributed by atoms with Gasteiger partial charge >= 0.3 is 0 Å². The van der Waals surface area contributed by atoms with Crippen LogP contribution in [-0.2, 0) is 0 Å². The number of H-pyrrole nitrogens is 1. The number of aromatic amines is 1. The number of nitrogen functional groups attached to an aromatic ring is 1. The fraction of sp³-hybridized carbons (Fsp3) is 0. The molecule has 7 heteroatoms. The van der Waals surface area contributed by atoms with Crippen LogP contribution >= 0.6 is 31.9 Å². The Morgan fingerprint density at radius 2 is 2.06 bits per heavy atom. The van der Waals surface area contributed by atoms with Crippen molar-refractivity contribution in [2.75, 3.05) is 5.73 Å². The van der Waals surface area contributed by atoms with Gasteiger partial charge in [0.05, 0.1) is 0 Å². The molecule has 0 unspecified atom stereocenters. The number of hydrogen-bond acceptors (Lipinski definition) is 4. The molecule has 0 bridgehead atoms. The van der Waals surface area contributed by atoms with Gasteiger partial charge in [-0.15, -0.1) is 0 Å². The smallest absolute Gasteiger partial charge is 0.253 e. The van der Waals surface area contributed by atoms with Crippen LogP contribution in [0.25, 0.3) is 11.5 Å². The molecule has 5 nitrogen and oxygen atoms in total. The average molecular weight is 346 g/mol. The van der Waals surface area contributed by atoms with Crippen molar-refractivity contribution < 1.29 is 0 Å². The van der Waals surface area contributed by atoms with Crippen molar-refractivity contribution >= 4 is 37.7 Å². The Morgan fingerprint density at radius 3 is 2.69 bits per heavy atom. The van der Waals surface area contributed by atoms with Crippen molar-refractivity contribution in [1.82, 2.24) is 15.0 Å². The monoisotopic (exact) mass is 344 g/mol. The topological polar surface area (TPSA) is 84.7 Å². The number of hydrogen-bond donors (Lipinski definition) is 2. The van der Waals surface area contributed by atoms with E-state index in [4.69, 9.17) is 5.73 Å². The summed E-state index contributed by atoms with van der Waals surface area (Å²) < 4.78 is 1.55. The van der Waals surface area contributed by atoms with Gasteiger partial charge in [-0.1, -0.05) is 0 Å². The van der Waals surface area contributed by atoms with Crippen molar-refractivity contribution in [1.29, 1.82) is 0 Å². The molecule has 2 aromatic heterocycles. The SMILES string of the molecule is Nc1cc(=O)[nH]c(-c2ncc(Br)cc2Br)n1. The highest BCUT2D eigenvalue weighted by Gasteiger charge is 2.08. The highest BCUT2D eigenvalue weighted by Crippen LogP contribution is 2.25. The van der Waals surface area contributed by atoms with Crippen LogP contribution in [0.1, 0.15) is 0 Å². The molecule has 0 saturated carbocycles. The molecular formula is C9H6Br2N4O. The number of pyridine rings is 1. The first-order chi connectivity index (χ1) is 7.56. The van der Waals surface area contributed by atoms with Crippen molar-refractivity contribution in [2.45, 2.75) is 0 Å². The summed E-state index contributed by atoms with van der Waals surface area (Å²) in [5.41, 5.74) is 5.72. The quantitative estimate of drug-likeness (QED) is 0.827. The van der Waals surface area contributed by atoms with Crippen LogP contribution in [0.2, 0.25) is 0 Å². The maximum absolute atomic E-state index is 11.2. The molecule has 2 rings (SSSR count). The van der Waals surface area contributed by atoms with Crippen LogP contribution in [0.3, 0.4) is 0 Å². The average Bonchev–Trinajstić information content (AvgIpc) is 2.15. The van der Waals surface area contributed by atoms with E-state index in [1.54, 1.807) is 6.20 Å². The lowest BCUT2D eigenvalue weighted by atomic mass is 10.3. The minimum absolute atomic E-state index is 0.162. The summed E-state index contributed by atoms with van der Waals surface area (Å²) in [6.45, 7) is 0. The maximum atomic E-state index is 11.2. The number of aromatic nitrogens is 3. The fourth-order valence-electron chi connectivity index (χ4n) is 1.18.